The summed E-state index contributed by atoms with van der Waals surface area (Å²) in [5.74, 6) is 0. The van der Waals surface area contributed by atoms with Crippen molar-refractivity contribution in [1.29, 1.82) is 0 Å². The zero-order valence-corrected chi connectivity index (χ0v) is 19.1. The van der Waals surface area contributed by atoms with E-state index < -0.39 is 16.6 Å². The lowest BCUT2D eigenvalue weighted by Gasteiger charge is -2.19. The third kappa shape index (κ3) is 6.52. The summed E-state index contributed by atoms with van der Waals surface area (Å²) in [6.07, 6.45) is 0.218. The average molecular weight is 455 g/mol. The molecule has 1 heterocycles. The number of rotatable bonds is 7. The maximum absolute atomic E-state index is 11.9. The molecular formula is C23H26N4O4S. The van der Waals surface area contributed by atoms with Crippen molar-refractivity contribution in [1.82, 2.24) is 9.88 Å². The summed E-state index contributed by atoms with van der Waals surface area (Å²) in [4.78, 5) is 28.0. The summed E-state index contributed by atoms with van der Waals surface area (Å²) in [6, 6.07) is 16.1. The molecule has 1 aromatic heterocycles. The Morgan fingerprint density at radius 2 is 1.84 bits per heavy atom. The molecule has 0 atom stereocenters. The summed E-state index contributed by atoms with van der Waals surface area (Å²) in [7, 11) is 0. The Kier molecular flexibility index (Phi) is 7.42. The molecule has 0 saturated carbocycles. The number of carbonyl (C=O) groups excluding carboxylic acids is 1. The number of carbonyl (C=O) groups is 1. The van der Waals surface area contributed by atoms with Crippen LogP contribution in [0.4, 0.5) is 16.2 Å². The first kappa shape index (κ1) is 23.2. The highest BCUT2D eigenvalue weighted by Crippen LogP contribution is 2.24. The number of para-hydroxylation sites is 1. The molecule has 9 heteroatoms. The van der Waals surface area contributed by atoms with Gasteiger partial charge in [-0.1, -0.05) is 18.2 Å². The smallest absolute Gasteiger partial charge is 0.407 e. The van der Waals surface area contributed by atoms with E-state index in [1.165, 1.54) is 23.5 Å². The molecule has 8 nitrogen and oxygen atoms in total. The quantitative estimate of drug-likeness (QED) is 0.299. The number of thiazole rings is 1. The summed E-state index contributed by atoms with van der Waals surface area (Å²) in [5.41, 5.74) is 2.12. The van der Waals surface area contributed by atoms with Crippen LogP contribution in [0.2, 0.25) is 0 Å². The normalized spacial score (nSPS) is 11.9. The van der Waals surface area contributed by atoms with Gasteiger partial charge in [-0.3, -0.25) is 10.1 Å². The molecule has 1 amide bonds. The zero-order valence-electron chi connectivity index (χ0n) is 18.3. The molecule has 0 spiro atoms. The monoisotopic (exact) mass is 454 g/mol. The minimum absolute atomic E-state index is 0.0475. The minimum Gasteiger partial charge on any atom is -0.444 e. The summed E-state index contributed by atoms with van der Waals surface area (Å²) >= 11 is 1.50. The second-order valence-electron chi connectivity index (χ2n) is 8.09. The van der Waals surface area contributed by atoms with Crippen LogP contribution in [0.15, 0.2) is 65.0 Å². The van der Waals surface area contributed by atoms with Gasteiger partial charge in [-0.15, -0.1) is 11.3 Å². The van der Waals surface area contributed by atoms with Crippen molar-refractivity contribution < 1.29 is 14.5 Å². The lowest BCUT2D eigenvalue weighted by molar-refractivity contribution is -0.384. The van der Waals surface area contributed by atoms with Gasteiger partial charge < -0.3 is 14.6 Å². The molecule has 0 saturated heterocycles. The summed E-state index contributed by atoms with van der Waals surface area (Å²) in [5, 5.41) is 15.7. The Morgan fingerprint density at radius 1 is 1.16 bits per heavy atom. The van der Waals surface area contributed by atoms with Crippen LogP contribution in [0, 0.1) is 10.1 Å². The van der Waals surface area contributed by atoms with Crippen LogP contribution in [0.25, 0.3) is 11.3 Å². The summed E-state index contributed by atoms with van der Waals surface area (Å²) < 4.78 is 7.34. The fraction of sp³-hybridized carbons (Fsp3) is 0.304. The van der Waals surface area contributed by atoms with Gasteiger partial charge in [0, 0.05) is 30.6 Å². The molecule has 2 aromatic carbocycles. The molecule has 32 heavy (non-hydrogen) atoms. The van der Waals surface area contributed by atoms with Crippen LogP contribution in [-0.2, 0) is 11.3 Å². The number of nitrogens with one attached hydrogen (secondary N) is 1. The zero-order chi connectivity index (χ0) is 23.1. The molecule has 0 radical (unpaired) electrons. The number of amides is 1. The van der Waals surface area contributed by atoms with Gasteiger partial charge in [0.15, 0.2) is 4.80 Å². The molecule has 0 aliphatic carbocycles. The number of nitrogens with zero attached hydrogens (tertiary/aromatic N) is 3. The van der Waals surface area contributed by atoms with Crippen LogP contribution in [0.5, 0.6) is 0 Å². The number of hydrogen-bond donors (Lipinski definition) is 1. The van der Waals surface area contributed by atoms with E-state index in [2.05, 4.69) is 9.88 Å². The van der Waals surface area contributed by atoms with Gasteiger partial charge >= 0.3 is 6.09 Å². The van der Waals surface area contributed by atoms with Gasteiger partial charge in [0.25, 0.3) is 5.69 Å². The number of aromatic nitrogens is 1. The largest absolute Gasteiger partial charge is 0.444 e. The Balaban J connectivity index is 1.82. The molecule has 0 unspecified atom stereocenters. The SMILES string of the molecule is CC(C)(C)OC(=O)NCCCn1c(-c2ccc([N+](=O)[O-])cc2)csc1=Nc1ccccc1. The molecule has 0 aliphatic rings. The third-order valence-corrected chi connectivity index (χ3v) is 5.24. The highest BCUT2D eigenvalue weighted by atomic mass is 32.1. The van der Waals surface area contributed by atoms with Crippen LogP contribution >= 0.6 is 11.3 Å². The predicted octanol–water partition coefficient (Wildman–Crippen LogP) is 5.27. The maximum atomic E-state index is 11.9. The Labute approximate surface area is 190 Å². The second-order valence-corrected chi connectivity index (χ2v) is 8.93. The standard InChI is InChI=1S/C23H26N4O4S/c1-23(2,3)31-22(28)24-14-7-15-26-20(17-10-12-19(13-11-17)27(29)30)16-32-21(26)25-18-8-5-4-6-9-18/h4-6,8-13,16H,7,14-15H2,1-3H3,(H,24,28). The highest BCUT2D eigenvalue weighted by Gasteiger charge is 2.16. The van der Waals surface area contributed by atoms with E-state index in [9.17, 15) is 14.9 Å². The number of ether oxygens (including phenoxy) is 1. The second kappa shape index (κ2) is 10.2. The van der Waals surface area contributed by atoms with Crippen molar-refractivity contribution in [3.63, 3.8) is 0 Å². The third-order valence-electron chi connectivity index (χ3n) is 4.38. The van der Waals surface area contributed by atoms with E-state index in [0.29, 0.717) is 19.5 Å². The first-order chi connectivity index (χ1) is 15.2. The van der Waals surface area contributed by atoms with Gasteiger partial charge in [-0.2, -0.15) is 0 Å². The Hall–Kier alpha value is -3.46. The van der Waals surface area contributed by atoms with Crippen molar-refractivity contribution >= 4 is 28.8 Å². The van der Waals surface area contributed by atoms with E-state index in [4.69, 9.17) is 9.73 Å². The van der Waals surface area contributed by atoms with Gasteiger partial charge in [-0.25, -0.2) is 9.79 Å². The van der Waals surface area contributed by atoms with Crippen molar-refractivity contribution in [2.24, 2.45) is 4.99 Å². The first-order valence-electron chi connectivity index (χ1n) is 10.2. The molecule has 3 aromatic rings. The molecule has 168 valence electrons. The number of non-ortho nitro benzene ring substituents is 1. The average Bonchev–Trinajstić information content (AvgIpc) is 3.13. The van der Waals surface area contributed by atoms with E-state index in [1.807, 2.05) is 56.5 Å². The van der Waals surface area contributed by atoms with Crippen LogP contribution < -0.4 is 10.1 Å². The van der Waals surface area contributed by atoms with E-state index in [-0.39, 0.29) is 5.69 Å². The van der Waals surface area contributed by atoms with Gasteiger partial charge in [-0.05, 0) is 57.0 Å². The van der Waals surface area contributed by atoms with Gasteiger partial charge in [0.1, 0.15) is 5.60 Å². The fourth-order valence-corrected chi connectivity index (χ4v) is 3.93. The minimum atomic E-state index is -0.545. The van der Waals surface area contributed by atoms with Gasteiger partial charge in [0.2, 0.25) is 0 Å². The number of nitro benzene ring substituents is 1. The predicted molar refractivity (Wildman–Crippen MR) is 125 cm³/mol. The van der Waals surface area contributed by atoms with E-state index in [1.54, 1.807) is 12.1 Å². The van der Waals surface area contributed by atoms with Crippen molar-refractivity contribution in [3.05, 3.63) is 74.9 Å². The molecule has 0 fully saturated rings. The molecule has 3 rings (SSSR count). The van der Waals surface area contributed by atoms with Gasteiger partial charge in [0.05, 0.1) is 16.3 Å². The topological polar surface area (TPSA) is 98.8 Å². The van der Waals surface area contributed by atoms with Crippen molar-refractivity contribution in [3.8, 4) is 11.3 Å². The summed E-state index contributed by atoms with van der Waals surface area (Å²) in [6.45, 7) is 6.52. The van der Waals surface area contributed by atoms with Crippen molar-refractivity contribution in [2.75, 3.05) is 6.54 Å². The van der Waals surface area contributed by atoms with Crippen molar-refractivity contribution in [2.45, 2.75) is 39.3 Å². The van der Waals surface area contributed by atoms with E-state index >= 15 is 0 Å². The number of hydrogen-bond acceptors (Lipinski definition) is 6. The number of nitro groups is 1. The van der Waals surface area contributed by atoms with Crippen LogP contribution in [0.1, 0.15) is 27.2 Å². The molecule has 0 bridgehead atoms. The lowest BCUT2D eigenvalue weighted by atomic mass is 10.1. The van der Waals surface area contributed by atoms with Crippen LogP contribution in [0.3, 0.4) is 0 Å². The Bertz CT molecular complexity index is 1130. The molecular weight excluding hydrogens is 428 g/mol. The maximum Gasteiger partial charge on any atom is 0.407 e. The molecule has 0 aliphatic heterocycles. The lowest BCUT2D eigenvalue weighted by Crippen LogP contribution is -2.33. The first-order valence-corrected chi connectivity index (χ1v) is 11.1. The molecule has 1 N–H and O–H groups in total. The van der Waals surface area contributed by atoms with E-state index in [0.717, 1.165) is 21.7 Å². The number of alkyl carbamates (subject to hydrolysis) is 1. The Morgan fingerprint density at radius 3 is 2.47 bits per heavy atom. The fourth-order valence-electron chi connectivity index (χ4n) is 2.97. The number of benzene rings is 2. The van der Waals surface area contributed by atoms with Crippen LogP contribution in [-0.4, -0.2) is 27.7 Å². The highest BCUT2D eigenvalue weighted by molar-refractivity contribution is 7.07.